The third kappa shape index (κ3) is 6.66. The summed E-state index contributed by atoms with van der Waals surface area (Å²) in [4.78, 5) is 34.9. The molecule has 0 saturated heterocycles. The van der Waals surface area contributed by atoms with Crippen LogP contribution in [0.25, 0.3) is 0 Å². The van der Waals surface area contributed by atoms with E-state index in [0.717, 1.165) is 11.6 Å². The zero-order valence-corrected chi connectivity index (χ0v) is 16.3. The highest BCUT2D eigenvalue weighted by atomic mass is 35.5. The molecule has 2 amide bonds. The molecule has 2 N–H and O–H groups in total. The lowest BCUT2D eigenvalue weighted by Gasteiger charge is -2.10. The molecule has 160 valence electrons. The first-order chi connectivity index (χ1) is 14.2. The van der Waals surface area contributed by atoms with Gasteiger partial charge in [-0.2, -0.15) is 0 Å². The molecule has 2 aromatic carbocycles. The summed E-state index contributed by atoms with van der Waals surface area (Å²) in [5, 5.41) is 4.39. The van der Waals surface area contributed by atoms with Crippen molar-refractivity contribution in [2.75, 3.05) is 25.1 Å². The highest BCUT2D eigenvalue weighted by Crippen LogP contribution is 2.25. The SMILES string of the molecule is Cc1ccc(Cl)c(OCC(=O)OCC(=O)NCC(=O)Nc2ccc(F)c(F)c2F)c1. The lowest BCUT2D eigenvalue weighted by Crippen LogP contribution is -2.36. The second kappa shape index (κ2) is 10.5. The Bertz CT molecular complexity index is 971. The molecule has 0 bridgehead atoms. The predicted octanol–water partition coefficient (Wildman–Crippen LogP) is 2.74. The molecule has 0 fully saturated rings. The largest absolute Gasteiger partial charge is 0.480 e. The molecule has 0 radical (unpaired) electrons. The van der Waals surface area contributed by atoms with Gasteiger partial charge in [0.05, 0.1) is 17.3 Å². The van der Waals surface area contributed by atoms with Gasteiger partial charge in [-0.05, 0) is 36.8 Å². The minimum atomic E-state index is -1.74. The number of halogens is 4. The van der Waals surface area contributed by atoms with Crippen LogP contribution in [0.1, 0.15) is 5.56 Å². The van der Waals surface area contributed by atoms with Crippen molar-refractivity contribution in [3.05, 3.63) is 58.4 Å². The number of anilines is 1. The van der Waals surface area contributed by atoms with E-state index in [0.29, 0.717) is 11.1 Å². The molecule has 0 atom stereocenters. The van der Waals surface area contributed by atoms with Crippen molar-refractivity contribution in [3.63, 3.8) is 0 Å². The van der Waals surface area contributed by atoms with E-state index in [1.54, 1.807) is 18.2 Å². The first kappa shape index (κ1) is 23.0. The summed E-state index contributed by atoms with van der Waals surface area (Å²) >= 11 is 5.92. The van der Waals surface area contributed by atoms with Crippen molar-refractivity contribution in [1.29, 1.82) is 0 Å². The molecule has 30 heavy (non-hydrogen) atoms. The molecule has 7 nitrogen and oxygen atoms in total. The number of amides is 2. The third-order valence-electron chi connectivity index (χ3n) is 3.55. The zero-order chi connectivity index (χ0) is 22.3. The van der Waals surface area contributed by atoms with Gasteiger partial charge in [-0.1, -0.05) is 17.7 Å². The van der Waals surface area contributed by atoms with Crippen molar-refractivity contribution in [2.24, 2.45) is 0 Å². The van der Waals surface area contributed by atoms with Crippen molar-refractivity contribution in [2.45, 2.75) is 6.92 Å². The summed E-state index contributed by atoms with van der Waals surface area (Å²) in [6.07, 6.45) is 0. The smallest absolute Gasteiger partial charge is 0.344 e. The number of aryl methyl sites for hydroxylation is 1. The highest BCUT2D eigenvalue weighted by Gasteiger charge is 2.16. The molecular weight excluding hydrogens is 429 g/mol. The quantitative estimate of drug-likeness (QED) is 0.482. The molecule has 0 saturated carbocycles. The van der Waals surface area contributed by atoms with Gasteiger partial charge in [0.15, 0.2) is 30.7 Å². The second-order valence-electron chi connectivity index (χ2n) is 5.93. The number of nitrogens with one attached hydrogen (secondary N) is 2. The van der Waals surface area contributed by atoms with E-state index in [1.807, 2.05) is 12.2 Å². The summed E-state index contributed by atoms with van der Waals surface area (Å²) in [6, 6.07) is 6.45. The monoisotopic (exact) mass is 444 g/mol. The minimum Gasteiger partial charge on any atom is -0.480 e. The number of carbonyl (C=O) groups excluding carboxylic acids is 3. The third-order valence-corrected chi connectivity index (χ3v) is 3.86. The van der Waals surface area contributed by atoms with E-state index in [-0.39, 0.29) is 5.75 Å². The van der Waals surface area contributed by atoms with E-state index in [9.17, 15) is 27.6 Å². The standard InChI is InChI=1S/C19H16ClF3N2O5/c1-10-2-3-11(20)14(6-10)29-9-17(28)30-8-16(27)24-7-15(26)25-13-5-4-12(21)18(22)19(13)23/h2-6H,7-9H2,1H3,(H,24,27)(H,25,26). The maximum atomic E-state index is 13.5. The fraction of sp³-hybridized carbons (Fsp3) is 0.211. The molecule has 0 aliphatic heterocycles. The number of hydrogen-bond acceptors (Lipinski definition) is 5. The number of esters is 1. The number of hydrogen-bond donors (Lipinski definition) is 2. The molecular formula is C19H16ClF3N2O5. The fourth-order valence-electron chi connectivity index (χ4n) is 2.09. The van der Waals surface area contributed by atoms with Gasteiger partial charge in [-0.3, -0.25) is 9.59 Å². The second-order valence-corrected chi connectivity index (χ2v) is 6.34. The molecule has 2 rings (SSSR count). The maximum Gasteiger partial charge on any atom is 0.344 e. The van der Waals surface area contributed by atoms with Crippen LogP contribution in [0, 0.1) is 24.4 Å². The first-order valence-corrected chi connectivity index (χ1v) is 8.79. The van der Waals surface area contributed by atoms with Gasteiger partial charge in [-0.25, -0.2) is 18.0 Å². The van der Waals surface area contributed by atoms with Crippen LogP contribution in [0.15, 0.2) is 30.3 Å². The van der Waals surface area contributed by atoms with Crippen molar-refractivity contribution in [1.82, 2.24) is 5.32 Å². The van der Waals surface area contributed by atoms with Crippen LogP contribution < -0.4 is 15.4 Å². The van der Waals surface area contributed by atoms with Gasteiger partial charge in [-0.15, -0.1) is 0 Å². The average Bonchev–Trinajstić information content (AvgIpc) is 2.71. The fourth-order valence-corrected chi connectivity index (χ4v) is 2.26. The Balaban J connectivity index is 1.71. The van der Waals surface area contributed by atoms with Crippen molar-refractivity contribution in [3.8, 4) is 5.75 Å². The molecule has 2 aromatic rings. The van der Waals surface area contributed by atoms with E-state index < -0.39 is 60.7 Å². The highest BCUT2D eigenvalue weighted by molar-refractivity contribution is 6.32. The molecule has 0 aromatic heterocycles. The summed E-state index contributed by atoms with van der Waals surface area (Å²) in [7, 11) is 0. The zero-order valence-electron chi connectivity index (χ0n) is 15.6. The van der Waals surface area contributed by atoms with Crippen molar-refractivity contribution >= 4 is 35.1 Å². The Morgan fingerprint density at radius 1 is 1.00 bits per heavy atom. The molecule has 0 aliphatic rings. The number of rotatable bonds is 8. The molecule has 0 aliphatic carbocycles. The summed E-state index contributed by atoms with van der Waals surface area (Å²) in [6.45, 7) is -0.00389. The predicted molar refractivity (Wildman–Crippen MR) is 101 cm³/mol. The first-order valence-electron chi connectivity index (χ1n) is 8.42. The van der Waals surface area contributed by atoms with Gasteiger partial charge in [0.1, 0.15) is 5.75 Å². The number of carbonyl (C=O) groups is 3. The average molecular weight is 445 g/mol. The topological polar surface area (TPSA) is 93.7 Å². The molecule has 0 unspecified atom stereocenters. The Kier molecular flexibility index (Phi) is 8.05. The summed E-state index contributed by atoms with van der Waals surface area (Å²) in [5.74, 6) is -7.02. The minimum absolute atomic E-state index is 0.277. The number of ether oxygens (including phenoxy) is 2. The van der Waals surface area contributed by atoms with Crippen LogP contribution in [0.3, 0.4) is 0 Å². The van der Waals surface area contributed by atoms with Gasteiger partial charge in [0, 0.05) is 0 Å². The van der Waals surface area contributed by atoms with E-state index in [2.05, 4.69) is 5.32 Å². The van der Waals surface area contributed by atoms with Crippen LogP contribution in [-0.2, 0) is 19.1 Å². The Morgan fingerprint density at radius 2 is 1.73 bits per heavy atom. The summed E-state index contributed by atoms with van der Waals surface area (Å²) < 4.78 is 49.3. The van der Waals surface area contributed by atoms with Gasteiger partial charge in [0.2, 0.25) is 5.91 Å². The maximum absolute atomic E-state index is 13.5. The van der Waals surface area contributed by atoms with Crippen LogP contribution in [0.5, 0.6) is 5.75 Å². The molecule has 11 heteroatoms. The molecule has 0 heterocycles. The Labute approximate surface area is 174 Å². The Hall–Kier alpha value is -3.27. The summed E-state index contributed by atoms with van der Waals surface area (Å²) in [5.41, 5.74) is 0.273. The lowest BCUT2D eigenvalue weighted by molar-refractivity contribution is -0.150. The van der Waals surface area contributed by atoms with Gasteiger partial charge >= 0.3 is 5.97 Å². The molecule has 0 spiro atoms. The van der Waals surface area contributed by atoms with Gasteiger partial charge in [0.25, 0.3) is 5.91 Å². The number of benzene rings is 2. The van der Waals surface area contributed by atoms with E-state index in [1.165, 1.54) is 0 Å². The van der Waals surface area contributed by atoms with Crippen LogP contribution >= 0.6 is 11.6 Å². The van der Waals surface area contributed by atoms with Crippen LogP contribution in [0.2, 0.25) is 5.02 Å². The Morgan fingerprint density at radius 3 is 2.47 bits per heavy atom. The van der Waals surface area contributed by atoms with E-state index in [4.69, 9.17) is 21.1 Å². The van der Waals surface area contributed by atoms with Crippen molar-refractivity contribution < 1.29 is 37.0 Å². The van der Waals surface area contributed by atoms with E-state index >= 15 is 0 Å². The lowest BCUT2D eigenvalue weighted by atomic mass is 10.2. The van der Waals surface area contributed by atoms with Gasteiger partial charge < -0.3 is 20.1 Å². The normalized spacial score (nSPS) is 10.3. The van der Waals surface area contributed by atoms with Crippen LogP contribution in [0.4, 0.5) is 18.9 Å². The van der Waals surface area contributed by atoms with Crippen LogP contribution in [-0.4, -0.2) is 37.5 Å².